The average molecular weight is 380 g/mol. The molecule has 3 aromatic rings. The lowest BCUT2D eigenvalue weighted by Crippen LogP contribution is -2.28. The lowest BCUT2D eigenvalue weighted by Gasteiger charge is -2.22. The Morgan fingerprint density at radius 1 is 1.11 bits per heavy atom. The molecule has 7 nitrogen and oxygen atoms in total. The van der Waals surface area contributed by atoms with Crippen LogP contribution >= 0.6 is 0 Å². The molecule has 1 aliphatic heterocycles. The number of primary amides is 1. The number of nitrogens with zero attached hydrogens (tertiary/aromatic N) is 1. The number of piperidine rings is 1. The van der Waals surface area contributed by atoms with Crippen molar-refractivity contribution >= 4 is 17.1 Å². The molecular formula is C21H24N4O3. The van der Waals surface area contributed by atoms with Gasteiger partial charge in [-0.15, -0.1) is 0 Å². The van der Waals surface area contributed by atoms with Crippen LogP contribution in [0.25, 0.3) is 22.4 Å². The van der Waals surface area contributed by atoms with Crippen LogP contribution < -0.4 is 20.5 Å². The molecule has 0 unspecified atom stereocenters. The SMILES string of the molecule is NC(=O)Oc1ccc2nc(-c3ccc(OCCC4CCNCC4)cc3)[nH]c2c1. The number of fused-ring (bicyclic) bond motifs is 1. The van der Waals surface area contributed by atoms with Crippen molar-refractivity contribution in [1.82, 2.24) is 15.3 Å². The normalized spacial score (nSPS) is 14.9. The van der Waals surface area contributed by atoms with Gasteiger partial charge in [0.2, 0.25) is 0 Å². The van der Waals surface area contributed by atoms with Gasteiger partial charge in [-0.05, 0) is 74.7 Å². The van der Waals surface area contributed by atoms with Gasteiger partial charge in [-0.3, -0.25) is 0 Å². The third-order valence-electron chi connectivity index (χ3n) is 5.05. The Hall–Kier alpha value is -3.06. The van der Waals surface area contributed by atoms with E-state index in [9.17, 15) is 4.79 Å². The maximum atomic E-state index is 10.9. The first kappa shape index (κ1) is 18.3. The number of carbonyl (C=O) groups excluding carboxylic acids is 1. The van der Waals surface area contributed by atoms with E-state index < -0.39 is 6.09 Å². The molecule has 1 aromatic heterocycles. The Labute approximate surface area is 163 Å². The highest BCUT2D eigenvalue weighted by atomic mass is 16.5. The van der Waals surface area contributed by atoms with Gasteiger partial charge in [-0.25, -0.2) is 9.78 Å². The lowest BCUT2D eigenvalue weighted by molar-refractivity contribution is 0.211. The Kier molecular flexibility index (Phi) is 5.43. The van der Waals surface area contributed by atoms with Crippen LogP contribution in [0.4, 0.5) is 4.79 Å². The monoisotopic (exact) mass is 380 g/mol. The molecular weight excluding hydrogens is 356 g/mol. The zero-order chi connectivity index (χ0) is 19.3. The summed E-state index contributed by atoms with van der Waals surface area (Å²) in [4.78, 5) is 18.7. The minimum atomic E-state index is -0.838. The summed E-state index contributed by atoms with van der Waals surface area (Å²) in [6.07, 6.45) is 2.74. The molecule has 1 aliphatic rings. The fourth-order valence-corrected chi connectivity index (χ4v) is 3.53. The number of aromatic nitrogens is 2. The first-order chi connectivity index (χ1) is 13.7. The van der Waals surface area contributed by atoms with Crippen LogP contribution in [-0.4, -0.2) is 35.8 Å². The number of hydrogen-bond acceptors (Lipinski definition) is 5. The summed E-state index contributed by atoms with van der Waals surface area (Å²) >= 11 is 0. The Morgan fingerprint density at radius 3 is 2.61 bits per heavy atom. The molecule has 0 spiro atoms. The fraction of sp³-hybridized carbons (Fsp3) is 0.333. The van der Waals surface area contributed by atoms with Crippen LogP contribution in [0.3, 0.4) is 0 Å². The number of carbonyl (C=O) groups is 1. The van der Waals surface area contributed by atoms with E-state index in [1.54, 1.807) is 18.2 Å². The number of imidazole rings is 1. The van der Waals surface area contributed by atoms with E-state index in [-0.39, 0.29) is 0 Å². The molecule has 7 heteroatoms. The van der Waals surface area contributed by atoms with Gasteiger partial charge in [0, 0.05) is 11.6 Å². The molecule has 0 bridgehead atoms. The van der Waals surface area contributed by atoms with Gasteiger partial charge in [0.15, 0.2) is 0 Å². The van der Waals surface area contributed by atoms with E-state index >= 15 is 0 Å². The highest BCUT2D eigenvalue weighted by Gasteiger charge is 2.13. The standard InChI is InChI=1S/C21H24N4O3/c22-21(26)28-17-5-6-18-19(13-17)25-20(24-18)15-1-3-16(4-2-15)27-12-9-14-7-10-23-11-8-14/h1-6,13-14,23H,7-12H2,(H2,22,26)(H,24,25). The minimum Gasteiger partial charge on any atom is -0.494 e. The summed E-state index contributed by atoms with van der Waals surface area (Å²) < 4.78 is 10.8. The van der Waals surface area contributed by atoms with E-state index in [0.717, 1.165) is 60.2 Å². The van der Waals surface area contributed by atoms with Crippen LogP contribution in [-0.2, 0) is 0 Å². The molecule has 0 aliphatic carbocycles. The second-order valence-corrected chi connectivity index (χ2v) is 7.04. The quantitative estimate of drug-likeness (QED) is 0.608. The maximum absolute atomic E-state index is 10.9. The number of amides is 1. The highest BCUT2D eigenvalue weighted by molar-refractivity contribution is 5.81. The Bertz CT molecular complexity index is 946. The maximum Gasteiger partial charge on any atom is 0.409 e. The number of nitrogens with two attached hydrogens (primary N) is 1. The molecule has 0 saturated carbocycles. The average Bonchev–Trinajstić information content (AvgIpc) is 3.12. The molecule has 2 aromatic carbocycles. The number of rotatable bonds is 6. The van der Waals surface area contributed by atoms with Crippen molar-refractivity contribution in [3.05, 3.63) is 42.5 Å². The number of ether oxygens (including phenoxy) is 2. The topological polar surface area (TPSA) is 102 Å². The third-order valence-corrected chi connectivity index (χ3v) is 5.05. The Morgan fingerprint density at radius 2 is 1.86 bits per heavy atom. The van der Waals surface area contributed by atoms with Crippen molar-refractivity contribution in [3.63, 3.8) is 0 Å². The zero-order valence-corrected chi connectivity index (χ0v) is 15.6. The predicted octanol–water partition coefficient (Wildman–Crippen LogP) is 3.46. The highest BCUT2D eigenvalue weighted by Crippen LogP contribution is 2.25. The zero-order valence-electron chi connectivity index (χ0n) is 15.6. The molecule has 0 atom stereocenters. The van der Waals surface area contributed by atoms with Gasteiger partial charge < -0.3 is 25.5 Å². The van der Waals surface area contributed by atoms with E-state index in [0.29, 0.717) is 5.75 Å². The smallest absolute Gasteiger partial charge is 0.409 e. The fourth-order valence-electron chi connectivity index (χ4n) is 3.53. The summed E-state index contributed by atoms with van der Waals surface area (Å²) in [6, 6.07) is 13.0. The van der Waals surface area contributed by atoms with Gasteiger partial charge >= 0.3 is 6.09 Å². The molecule has 2 heterocycles. The van der Waals surface area contributed by atoms with Gasteiger partial charge in [0.25, 0.3) is 0 Å². The molecule has 4 N–H and O–H groups in total. The van der Waals surface area contributed by atoms with Crippen molar-refractivity contribution < 1.29 is 14.3 Å². The molecule has 1 amide bonds. The van der Waals surface area contributed by atoms with E-state index in [1.165, 1.54) is 12.8 Å². The van der Waals surface area contributed by atoms with E-state index in [1.807, 2.05) is 24.3 Å². The van der Waals surface area contributed by atoms with Gasteiger partial charge in [0.05, 0.1) is 17.6 Å². The first-order valence-electron chi connectivity index (χ1n) is 9.58. The molecule has 4 rings (SSSR count). The number of benzene rings is 2. The van der Waals surface area contributed by atoms with Crippen molar-refractivity contribution in [3.8, 4) is 22.9 Å². The number of nitrogens with one attached hydrogen (secondary N) is 2. The van der Waals surface area contributed by atoms with Gasteiger partial charge in [0.1, 0.15) is 17.3 Å². The van der Waals surface area contributed by atoms with Crippen molar-refractivity contribution in [1.29, 1.82) is 0 Å². The first-order valence-corrected chi connectivity index (χ1v) is 9.58. The summed E-state index contributed by atoms with van der Waals surface area (Å²) in [6.45, 7) is 2.98. The van der Waals surface area contributed by atoms with Crippen LogP contribution in [0.2, 0.25) is 0 Å². The third kappa shape index (κ3) is 4.43. The van der Waals surface area contributed by atoms with Crippen LogP contribution in [0.5, 0.6) is 11.5 Å². The molecule has 0 radical (unpaired) electrons. The summed E-state index contributed by atoms with van der Waals surface area (Å²) in [5.41, 5.74) is 7.57. The van der Waals surface area contributed by atoms with Crippen molar-refractivity contribution in [2.75, 3.05) is 19.7 Å². The van der Waals surface area contributed by atoms with Crippen molar-refractivity contribution in [2.45, 2.75) is 19.3 Å². The number of H-pyrrole nitrogens is 1. The molecule has 1 saturated heterocycles. The minimum absolute atomic E-state index is 0.382. The summed E-state index contributed by atoms with van der Waals surface area (Å²) in [5.74, 6) is 2.76. The number of hydrogen-bond donors (Lipinski definition) is 3. The van der Waals surface area contributed by atoms with E-state index in [2.05, 4.69) is 15.3 Å². The number of aromatic amines is 1. The van der Waals surface area contributed by atoms with Gasteiger partial charge in [-0.1, -0.05) is 0 Å². The lowest BCUT2D eigenvalue weighted by atomic mass is 9.95. The molecule has 28 heavy (non-hydrogen) atoms. The predicted molar refractivity (Wildman–Crippen MR) is 107 cm³/mol. The van der Waals surface area contributed by atoms with Crippen molar-refractivity contribution in [2.24, 2.45) is 11.7 Å². The second kappa shape index (κ2) is 8.31. The summed E-state index contributed by atoms with van der Waals surface area (Å²) in [5, 5.41) is 3.39. The van der Waals surface area contributed by atoms with E-state index in [4.69, 9.17) is 15.2 Å². The van der Waals surface area contributed by atoms with Crippen LogP contribution in [0, 0.1) is 5.92 Å². The summed E-state index contributed by atoms with van der Waals surface area (Å²) in [7, 11) is 0. The Balaban J connectivity index is 1.39. The van der Waals surface area contributed by atoms with Crippen LogP contribution in [0.1, 0.15) is 19.3 Å². The molecule has 1 fully saturated rings. The van der Waals surface area contributed by atoms with Crippen LogP contribution in [0.15, 0.2) is 42.5 Å². The second-order valence-electron chi connectivity index (χ2n) is 7.04. The van der Waals surface area contributed by atoms with Gasteiger partial charge in [-0.2, -0.15) is 0 Å². The molecule has 146 valence electrons. The largest absolute Gasteiger partial charge is 0.494 e.